The van der Waals surface area contributed by atoms with Gasteiger partial charge in [0.05, 0.1) is 5.56 Å². The summed E-state index contributed by atoms with van der Waals surface area (Å²) in [5, 5.41) is 3.45. The van der Waals surface area contributed by atoms with Crippen LogP contribution in [0.5, 0.6) is 0 Å². The van der Waals surface area contributed by atoms with Crippen molar-refractivity contribution in [1.29, 1.82) is 0 Å². The topological polar surface area (TPSA) is 45.2 Å². The van der Waals surface area contributed by atoms with E-state index >= 15 is 0 Å². The minimum absolute atomic E-state index is 0.149. The van der Waals surface area contributed by atoms with E-state index in [-0.39, 0.29) is 22.3 Å². The molecule has 104 valence electrons. The summed E-state index contributed by atoms with van der Waals surface area (Å²) in [7, 11) is 0. The largest absolute Gasteiger partial charge is 0.349 e. The number of hydrogen-bond donors (Lipinski definition) is 1. The SMILES string of the molecule is CCN1CCC(NC(=O)c2ccc(Cl)nc2Cl)CC1. The summed E-state index contributed by atoms with van der Waals surface area (Å²) in [5.74, 6) is -0.177. The van der Waals surface area contributed by atoms with E-state index in [1.54, 1.807) is 12.1 Å². The van der Waals surface area contributed by atoms with E-state index in [2.05, 4.69) is 22.1 Å². The molecule has 1 aliphatic rings. The van der Waals surface area contributed by atoms with Crippen LogP contribution in [0, 0.1) is 0 Å². The highest BCUT2D eigenvalue weighted by Gasteiger charge is 2.21. The van der Waals surface area contributed by atoms with Gasteiger partial charge in [-0.1, -0.05) is 30.1 Å². The molecular weight excluding hydrogens is 285 g/mol. The Bertz CT molecular complexity index is 459. The van der Waals surface area contributed by atoms with E-state index < -0.39 is 0 Å². The van der Waals surface area contributed by atoms with E-state index in [4.69, 9.17) is 23.2 Å². The number of carbonyl (C=O) groups excluding carboxylic acids is 1. The first-order valence-corrected chi connectivity index (χ1v) is 7.21. The molecule has 0 spiro atoms. The van der Waals surface area contributed by atoms with Crippen molar-refractivity contribution in [3.8, 4) is 0 Å². The van der Waals surface area contributed by atoms with Gasteiger partial charge in [0, 0.05) is 19.1 Å². The van der Waals surface area contributed by atoms with Gasteiger partial charge in [-0.05, 0) is 31.5 Å². The molecule has 1 aromatic rings. The molecular formula is C13H17Cl2N3O. The molecule has 0 unspecified atom stereocenters. The third-order valence-corrected chi connectivity index (χ3v) is 3.93. The maximum Gasteiger partial charge on any atom is 0.254 e. The zero-order valence-corrected chi connectivity index (χ0v) is 12.3. The standard InChI is InChI=1S/C13H17Cl2N3O/c1-2-18-7-5-9(6-8-18)16-13(19)10-3-4-11(14)17-12(10)15/h3-4,9H,2,5-8H2,1H3,(H,16,19). The van der Waals surface area contributed by atoms with Crippen molar-refractivity contribution in [2.75, 3.05) is 19.6 Å². The lowest BCUT2D eigenvalue weighted by Crippen LogP contribution is -2.44. The van der Waals surface area contributed by atoms with Gasteiger partial charge < -0.3 is 10.2 Å². The fraction of sp³-hybridized carbons (Fsp3) is 0.538. The van der Waals surface area contributed by atoms with Crippen molar-refractivity contribution in [2.45, 2.75) is 25.8 Å². The highest BCUT2D eigenvalue weighted by molar-refractivity contribution is 6.34. The Labute approximate surface area is 123 Å². The molecule has 1 amide bonds. The summed E-state index contributed by atoms with van der Waals surface area (Å²) in [5.41, 5.74) is 0.379. The molecule has 1 N–H and O–H groups in total. The number of likely N-dealkylation sites (tertiary alicyclic amines) is 1. The monoisotopic (exact) mass is 301 g/mol. The lowest BCUT2D eigenvalue weighted by Gasteiger charge is -2.31. The predicted octanol–water partition coefficient (Wildman–Crippen LogP) is 2.60. The number of aromatic nitrogens is 1. The van der Waals surface area contributed by atoms with E-state index in [0.717, 1.165) is 32.5 Å². The zero-order valence-electron chi connectivity index (χ0n) is 10.8. The summed E-state index contributed by atoms with van der Waals surface area (Å²) in [6.07, 6.45) is 1.94. The Morgan fingerprint density at radius 3 is 2.68 bits per heavy atom. The van der Waals surface area contributed by atoms with Crippen molar-refractivity contribution in [3.63, 3.8) is 0 Å². The minimum Gasteiger partial charge on any atom is -0.349 e. The number of piperidine rings is 1. The van der Waals surface area contributed by atoms with Crippen molar-refractivity contribution in [3.05, 3.63) is 28.0 Å². The normalized spacial score (nSPS) is 17.4. The molecule has 0 bridgehead atoms. The molecule has 6 heteroatoms. The van der Waals surface area contributed by atoms with Crippen LogP contribution in [0.3, 0.4) is 0 Å². The third kappa shape index (κ3) is 3.81. The maximum absolute atomic E-state index is 12.1. The van der Waals surface area contributed by atoms with E-state index in [1.165, 1.54) is 0 Å². The van der Waals surface area contributed by atoms with Gasteiger partial charge in [0.25, 0.3) is 5.91 Å². The quantitative estimate of drug-likeness (QED) is 0.873. The van der Waals surface area contributed by atoms with Gasteiger partial charge in [-0.2, -0.15) is 0 Å². The van der Waals surface area contributed by atoms with Crippen LogP contribution >= 0.6 is 23.2 Å². The zero-order chi connectivity index (χ0) is 13.8. The number of rotatable bonds is 3. The number of hydrogen-bond acceptors (Lipinski definition) is 3. The Kier molecular flexibility index (Phi) is 5.02. The molecule has 0 aromatic carbocycles. The average Bonchev–Trinajstić information content (AvgIpc) is 2.39. The summed E-state index contributed by atoms with van der Waals surface area (Å²) < 4.78 is 0. The number of carbonyl (C=O) groups is 1. The van der Waals surface area contributed by atoms with Crippen LogP contribution in [0.1, 0.15) is 30.1 Å². The number of amides is 1. The van der Waals surface area contributed by atoms with Gasteiger partial charge in [-0.25, -0.2) is 4.98 Å². The van der Waals surface area contributed by atoms with Crippen LogP contribution in [-0.4, -0.2) is 41.5 Å². The highest BCUT2D eigenvalue weighted by atomic mass is 35.5. The second kappa shape index (κ2) is 6.55. The van der Waals surface area contributed by atoms with Crippen molar-refractivity contribution >= 4 is 29.1 Å². The molecule has 0 aliphatic carbocycles. The molecule has 1 saturated heterocycles. The third-order valence-electron chi connectivity index (χ3n) is 3.43. The van der Waals surface area contributed by atoms with Crippen LogP contribution < -0.4 is 5.32 Å². The first-order chi connectivity index (χ1) is 9.10. The van der Waals surface area contributed by atoms with Crippen LogP contribution in [0.4, 0.5) is 0 Å². The number of nitrogens with one attached hydrogen (secondary N) is 1. The average molecular weight is 302 g/mol. The van der Waals surface area contributed by atoms with Crippen LogP contribution in [0.25, 0.3) is 0 Å². The van der Waals surface area contributed by atoms with E-state index in [9.17, 15) is 4.79 Å². The van der Waals surface area contributed by atoms with Gasteiger partial charge in [0.15, 0.2) is 0 Å². The van der Waals surface area contributed by atoms with E-state index in [0.29, 0.717) is 5.56 Å². The lowest BCUT2D eigenvalue weighted by atomic mass is 10.0. The molecule has 4 nitrogen and oxygen atoms in total. The Balaban J connectivity index is 1.94. The van der Waals surface area contributed by atoms with Gasteiger partial charge in [-0.15, -0.1) is 0 Å². The molecule has 0 radical (unpaired) electrons. The molecule has 2 heterocycles. The van der Waals surface area contributed by atoms with Gasteiger partial charge in [0.1, 0.15) is 10.3 Å². The molecule has 1 aliphatic heterocycles. The lowest BCUT2D eigenvalue weighted by molar-refractivity contribution is 0.0912. The van der Waals surface area contributed by atoms with E-state index in [1.807, 2.05) is 0 Å². The maximum atomic E-state index is 12.1. The van der Waals surface area contributed by atoms with Gasteiger partial charge in [-0.3, -0.25) is 4.79 Å². The number of nitrogens with zero attached hydrogens (tertiary/aromatic N) is 2. The highest BCUT2D eigenvalue weighted by Crippen LogP contribution is 2.17. The van der Waals surface area contributed by atoms with Gasteiger partial charge in [0.2, 0.25) is 0 Å². The van der Waals surface area contributed by atoms with Crippen LogP contribution in [-0.2, 0) is 0 Å². The van der Waals surface area contributed by atoms with Crippen molar-refractivity contribution in [2.24, 2.45) is 0 Å². The Morgan fingerprint density at radius 2 is 2.11 bits per heavy atom. The number of halogens is 2. The fourth-order valence-corrected chi connectivity index (χ4v) is 2.67. The Morgan fingerprint density at radius 1 is 1.42 bits per heavy atom. The Hall–Kier alpha value is -0.840. The van der Waals surface area contributed by atoms with Gasteiger partial charge >= 0.3 is 0 Å². The first-order valence-electron chi connectivity index (χ1n) is 6.45. The summed E-state index contributed by atoms with van der Waals surface area (Å²) in [4.78, 5) is 18.4. The summed E-state index contributed by atoms with van der Waals surface area (Å²) >= 11 is 11.6. The molecule has 1 aromatic heterocycles. The minimum atomic E-state index is -0.177. The second-order valence-corrected chi connectivity index (χ2v) is 5.40. The molecule has 1 fully saturated rings. The fourth-order valence-electron chi connectivity index (χ4n) is 2.24. The predicted molar refractivity (Wildman–Crippen MR) is 76.9 cm³/mol. The molecule has 19 heavy (non-hydrogen) atoms. The van der Waals surface area contributed by atoms with Crippen LogP contribution in [0.2, 0.25) is 10.3 Å². The van der Waals surface area contributed by atoms with Crippen molar-refractivity contribution < 1.29 is 4.79 Å². The summed E-state index contributed by atoms with van der Waals surface area (Å²) in [6.45, 7) is 5.26. The molecule has 0 saturated carbocycles. The second-order valence-electron chi connectivity index (χ2n) is 4.65. The van der Waals surface area contributed by atoms with Crippen LogP contribution in [0.15, 0.2) is 12.1 Å². The molecule has 2 rings (SSSR count). The number of pyridine rings is 1. The first kappa shape index (κ1) is 14.6. The smallest absolute Gasteiger partial charge is 0.254 e. The summed E-state index contributed by atoms with van der Waals surface area (Å²) in [6, 6.07) is 3.39. The molecule has 0 atom stereocenters. The van der Waals surface area contributed by atoms with Crippen molar-refractivity contribution in [1.82, 2.24) is 15.2 Å².